The number of phenols is 1. The molecule has 0 radical (unpaired) electrons. The van der Waals surface area contributed by atoms with Crippen LogP contribution in [-0.4, -0.2) is 11.0 Å². The van der Waals surface area contributed by atoms with E-state index < -0.39 is 0 Å². The highest BCUT2D eigenvalue weighted by Gasteiger charge is 2.04. The van der Waals surface area contributed by atoms with Crippen molar-refractivity contribution in [1.82, 2.24) is 0 Å². The first-order valence-corrected chi connectivity index (χ1v) is 5.17. The molecule has 0 saturated heterocycles. The maximum absolute atomic E-state index is 11.4. The van der Waals surface area contributed by atoms with Crippen LogP contribution in [0, 0.1) is 5.92 Å². The van der Waals surface area contributed by atoms with Gasteiger partial charge in [0.2, 0.25) is 5.91 Å². The van der Waals surface area contributed by atoms with Gasteiger partial charge in [-0.3, -0.25) is 4.79 Å². The van der Waals surface area contributed by atoms with Crippen molar-refractivity contribution in [3.05, 3.63) is 24.3 Å². The van der Waals surface area contributed by atoms with Crippen LogP contribution in [0.2, 0.25) is 0 Å². The van der Waals surface area contributed by atoms with Crippen molar-refractivity contribution in [2.75, 3.05) is 5.32 Å². The van der Waals surface area contributed by atoms with Gasteiger partial charge in [-0.15, -0.1) is 0 Å². The van der Waals surface area contributed by atoms with E-state index in [9.17, 15) is 9.90 Å². The first kappa shape index (κ1) is 11.6. The van der Waals surface area contributed by atoms with E-state index in [1.165, 1.54) is 6.07 Å². The maximum atomic E-state index is 11.4. The van der Waals surface area contributed by atoms with E-state index in [4.69, 9.17) is 0 Å². The average Bonchev–Trinajstić information content (AvgIpc) is 2.15. The molecule has 1 rings (SSSR count). The van der Waals surface area contributed by atoms with Crippen LogP contribution in [0.25, 0.3) is 0 Å². The molecule has 3 nitrogen and oxygen atoms in total. The third-order valence-electron chi connectivity index (χ3n) is 2.08. The number of rotatable bonds is 4. The monoisotopic (exact) mass is 207 g/mol. The number of amides is 1. The number of carbonyl (C=O) groups is 1. The minimum Gasteiger partial charge on any atom is -0.508 e. The number of anilines is 1. The third kappa shape index (κ3) is 4.49. The molecule has 0 unspecified atom stereocenters. The van der Waals surface area contributed by atoms with Crippen molar-refractivity contribution in [2.24, 2.45) is 5.92 Å². The fourth-order valence-corrected chi connectivity index (χ4v) is 1.23. The van der Waals surface area contributed by atoms with Gasteiger partial charge in [-0.25, -0.2) is 0 Å². The molecular weight excluding hydrogens is 190 g/mol. The van der Waals surface area contributed by atoms with Crippen LogP contribution < -0.4 is 5.32 Å². The number of aromatic hydroxyl groups is 1. The quantitative estimate of drug-likeness (QED) is 0.797. The molecule has 0 aliphatic carbocycles. The molecule has 3 heteroatoms. The van der Waals surface area contributed by atoms with Crippen molar-refractivity contribution in [1.29, 1.82) is 0 Å². The number of nitrogens with one attached hydrogen (secondary N) is 1. The molecule has 0 bridgehead atoms. The zero-order chi connectivity index (χ0) is 11.3. The highest BCUT2D eigenvalue weighted by Crippen LogP contribution is 2.16. The normalized spacial score (nSPS) is 10.3. The Bertz CT molecular complexity index is 334. The number of hydrogen-bond acceptors (Lipinski definition) is 2. The lowest BCUT2D eigenvalue weighted by Crippen LogP contribution is -2.11. The molecule has 2 N–H and O–H groups in total. The minimum atomic E-state index is -0.00528. The second-order valence-electron chi connectivity index (χ2n) is 4.03. The summed E-state index contributed by atoms with van der Waals surface area (Å²) in [4.78, 5) is 11.4. The standard InChI is InChI=1S/C12H17NO2/c1-9(2)6-7-12(15)13-10-4-3-5-11(14)8-10/h3-5,8-9,14H,6-7H2,1-2H3,(H,13,15). The van der Waals surface area contributed by atoms with Gasteiger partial charge in [-0.2, -0.15) is 0 Å². The topological polar surface area (TPSA) is 49.3 Å². The maximum Gasteiger partial charge on any atom is 0.224 e. The molecule has 1 amide bonds. The third-order valence-corrected chi connectivity index (χ3v) is 2.08. The minimum absolute atomic E-state index is 0.00528. The van der Waals surface area contributed by atoms with Crippen molar-refractivity contribution < 1.29 is 9.90 Å². The second kappa shape index (κ2) is 5.39. The highest BCUT2D eigenvalue weighted by molar-refractivity contribution is 5.90. The van der Waals surface area contributed by atoms with Gasteiger partial charge in [-0.05, 0) is 24.5 Å². The fourth-order valence-electron chi connectivity index (χ4n) is 1.23. The summed E-state index contributed by atoms with van der Waals surface area (Å²) in [6.07, 6.45) is 1.40. The van der Waals surface area contributed by atoms with Gasteiger partial charge in [0.05, 0.1) is 0 Å². The van der Waals surface area contributed by atoms with Gasteiger partial charge in [0, 0.05) is 18.2 Å². The fraction of sp³-hybridized carbons (Fsp3) is 0.417. The smallest absolute Gasteiger partial charge is 0.224 e. The molecule has 0 aliphatic heterocycles. The Morgan fingerprint density at radius 3 is 2.80 bits per heavy atom. The molecule has 0 heterocycles. The van der Waals surface area contributed by atoms with Crippen LogP contribution in [0.5, 0.6) is 5.75 Å². The van der Waals surface area contributed by atoms with Gasteiger partial charge in [0.25, 0.3) is 0 Å². The Hall–Kier alpha value is -1.51. The van der Waals surface area contributed by atoms with Crippen LogP contribution in [0.4, 0.5) is 5.69 Å². The molecule has 1 aromatic rings. The molecule has 0 spiro atoms. The molecule has 1 aromatic carbocycles. The highest BCUT2D eigenvalue weighted by atomic mass is 16.3. The SMILES string of the molecule is CC(C)CCC(=O)Nc1cccc(O)c1. The number of carbonyl (C=O) groups excluding carboxylic acids is 1. The average molecular weight is 207 g/mol. The number of phenolic OH excluding ortho intramolecular Hbond substituents is 1. The van der Waals surface area contributed by atoms with Crippen LogP contribution in [0.1, 0.15) is 26.7 Å². The summed E-state index contributed by atoms with van der Waals surface area (Å²) >= 11 is 0. The summed E-state index contributed by atoms with van der Waals surface area (Å²) in [6, 6.07) is 6.57. The van der Waals surface area contributed by atoms with Crippen molar-refractivity contribution in [2.45, 2.75) is 26.7 Å². The zero-order valence-corrected chi connectivity index (χ0v) is 9.16. The molecule has 0 atom stereocenters. The van der Waals surface area contributed by atoms with Crippen LogP contribution in [-0.2, 0) is 4.79 Å². The van der Waals surface area contributed by atoms with E-state index in [-0.39, 0.29) is 11.7 Å². The molecule has 0 aliphatic rings. The second-order valence-corrected chi connectivity index (χ2v) is 4.03. The molecule has 0 aromatic heterocycles. The number of hydrogen-bond donors (Lipinski definition) is 2. The summed E-state index contributed by atoms with van der Waals surface area (Å²) in [5.74, 6) is 0.686. The van der Waals surface area contributed by atoms with E-state index in [2.05, 4.69) is 19.2 Å². The van der Waals surface area contributed by atoms with Crippen molar-refractivity contribution >= 4 is 11.6 Å². The largest absolute Gasteiger partial charge is 0.508 e. The molecule has 15 heavy (non-hydrogen) atoms. The van der Waals surface area contributed by atoms with E-state index in [1.807, 2.05) is 0 Å². The van der Waals surface area contributed by atoms with Gasteiger partial charge >= 0.3 is 0 Å². The van der Waals surface area contributed by atoms with Gasteiger partial charge in [-0.1, -0.05) is 19.9 Å². The molecule has 0 saturated carbocycles. The summed E-state index contributed by atoms with van der Waals surface area (Å²) in [6.45, 7) is 4.17. The van der Waals surface area contributed by atoms with Crippen LogP contribution in [0.3, 0.4) is 0 Å². The summed E-state index contributed by atoms with van der Waals surface area (Å²) < 4.78 is 0. The summed E-state index contributed by atoms with van der Waals surface area (Å²) in [7, 11) is 0. The molecule has 0 fully saturated rings. The predicted molar refractivity (Wildman–Crippen MR) is 60.8 cm³/mol. The Morgan fingerprint density at radius 1 is 1.47 bits per heavy atom. The van der Waals surface area contributed by atoms with E-state index in [0.29, 0.717) is 18.0 Å². The Kier molecular flexibility index (Phi) is 4.16. The lowest BCUT2D eigenvalue weighted by molar-refractivity contribution is -0.116. The summed E-state index contributed by atoms with van der Waals surface area (Å²) in [5.41, 5.74) is 0.642. The van der Waals surface area contributed by atoms with Crippen LogP contribution in [0.15, 0.2) is 24.3 Å². The Balaban J connectivity index is 2.44. The van der Waals surface area contributed by atoms with Gasteiger partial charge < -0.3 is 10.4 Å². The van der Waals surface area contributed by atoms with Gasteiger partial charge in [0.15, 0.2) is 0 Å². The van der Waals surface area contributed by atoms with Crippen molar-refractivity contribution in [3.63, 3.8) is 0 Å². The van der Waals surface area contributed by atoms with Crippen LogP contribution >= 0.6 is 0 Å². The first-order chi connectivity index (χ1) is 7.08. The summed E-state index contributed by atoms with van der Waals surface area (Å²) in [5, 5.41) is 11.9. The molecule has 82 valence electrons. The zero-order valence-electron chi connectivity index (χ0n) is 9.16. The lowest BCUT2D eigenvalue weighted by atomic mass is 10.1. The molecular formula is C12H17NO2. The van der Waals surface area contributed by atoms with Gasteiger partial charge in [0.1, 0.15) is 5.75 Å². The van der Waals surface area contributed by atoms with E-state index in [1.54, 1.807) is 18.2 Å². The lowest BCUT2D eigenvalue weighted by Gasteiger charge is -2.06. The van der Waals surface area contributed by atoms with Crippen molar-refractivity contribution in [3.8, 4) is 5.75 Å². The van der Waals surface area contributed by atoms with E-state index >= 15 is 0 Å². The first-order valence-electron chi connectivity index (χ1n) is 5.17. The predicted octanol–water partition coefficient (Wildman–Crippen LogP) is 2.77. The Morgan fingerprint density at radius 2 is 2.20 bits per heavy atom. The number of benzene rings is 1. The van der Waals surface area contributed by atoms with E-state index in [0.717, 1.165) is 6.42 Å². The Labute approximate surface area is 90.1 Å².